The SMILES string of the molecule is CCCCCCCCCCCC[C@@H](O[Si](C)(C)C(C)(C)C)[C@@H]1CC[C@H]([C@H](O)C#C[Si](C)(C)C)O1. The molecule has 0 aliphatic carbocycles. The number of aliphatic hydroxyl groups excluding tert-OH is 1. The summed E-state index contributed by atoms with van der Waals surface area (Å²) in [6.07, 6.45) is 15.8. The third kappa shape index (κ3) is 12.7. The van der Waals surface area contributed by atoms with Crippen LogP contribution in [0.25, 0.3) is 0 Å². The summed E-state index contributed by atoms with van der Waals surface area (Å²) in [5.74, 6) is 3.09. The molecule has 200 valence electrons. The lowest BCUT2D eigenvalue weighted by Crippen LogP contribution is -2.47. The van der Waals surface area contributed by atoms with E-state index in [0.717, 1.165) is 19.3 Å². The highest BCUT2D eigenvalue weighted by Gasteiger charge is 2.43. The Morgan fingerprint density at radius 2 is 1.35 bits per heavy atom. The average molecular weight is 511 g/mol. The van der Waals surface area contributed by atoms with Crippen LogP contribution in [-0.2, 0) is 9.16 Å². The van der Waals surface area contributed by atoms with E-state index in [0.29, 0.717) is 0 Å². The van der Waals surface area contributed by atoms with Gasteiger partial charge in [-0.25, -0.2) is 0 Å². The molecular weight excluding hydrogens is 452 g/mol. The maximum Gasteiger partial charge on any atom is 0.192 e. The largest absolute Gasteiger partial charge is 0.411 e. The Labute approximate surface area is 215 Å². The maximum absolute atomic E-state index is 10.6. The van der Waals surface area contributed by atoms with Gasteiger partial charge in [0.25, 0.3) is 0 Å². The Hall–Kier alpha value is -0.126. The predicted octanol–water partition coefficient (Wildman–Crippen LogP) is 8.48. The monoisotopic (exact) mass is 510 g/mol. The third-order valence-electron chi connectivity index (χ3n) is 7.54. The topological polar surface area (TPSA) is 38.7 Å². The first-order valence-corrected chi connectivity index (χ1v) is 20.7. The van der Waals surface area contributed by atoms with Crippen LogP contribution < -0.4 is 0 Å². The fraction of sp³-hybridized carbons (Fsp3) is 0.931. The van der Waals surface area contributed by atoms with Gasteiger partial charge in [-0.2, -0.15) is 0 Å². The van der Waals surface area contributed by atoms with Crippen LogP contribution in [0.3, 0.4) is 0 Å². The molecular formula is C29H58O3Si2. The zero-order valence-electron chi connectivity index (χ0n) is 24.3. The number of ether oxygens (including phenoxy) is 1. The van der Waals surface area contributed by atoms with Crippen molar-refractivity contribution in [1.29, 1.82) is 0 Å². The Morgan fingerprint density at radius 1 is 0.853 bits per heavy atom. The first-order chi connectivity index (χ1) is 15.8. The van der Waals surface area contributed by atoms with E-state index in [1.165, 1.54) is 64.2 Å². The molecule has 1 heterocycles. The van der Waals surface area contributed by atoms with Crippen LogP contribution in [0.4, 0.5) is 0 Å². The first-order valence-electron chi connectivity index (χ1n) is 14.3. The first kappa shape index (κ1) is 31.9. The van der Waals surface area contributed by atoms with E-state index >= 15 is 0 Å². The summed E-state index contributed by atoms with van der Waals surface area (Å²) in [6.45, 7) is 20.5. The van der Waals surface area contributed by atoms with Gasteiger partial charge in [0, 0.05) is 0 Å². The van der Waals surface area contributed by atoms with Crippen molar-refractivity contribution in [1.82, 2.24) is 0 Å². The fourth-order valence-corrected chi connectivity index (χ4v) is 6.25. The molecule has 3 nitrogen and oxygen atoms in total. The molecule has 1 aliphatic rings. The van der Waals surface area contributed by atoms with Gasteiger partial charge in [-0.1, -0.05) is 117 Å². The van der Waals surface area contributed by atoms with Crippen LogP contribution in [0.2, 0.25) is 37.8 Å². The third-order valence-corrected chi connectivity index (χ3v) is 12.9. The van der Waals surface area contributed by atoms with E-state index in [1.54, 1.807) is 0 Å². The van der Waals surface area contributed by atoms with Crippen molar-refractivity contribution in [3.63, 3.8) is 0 Å². The van der Waals surface area contributed by atoms with E-state index in [1.807, 2.05) is 0 Å². The van der Waals surface area contributed by atoms with Crippen molar-refractivity contribution >= 4 is 16.4 Å². The van der Waals surface area contributed by atoms with Gasteiger partial charge in [0.1, 0.15) is 14.2 Å². The molecule has 1 aliphatic heterocycles. The minimum atomic E-state index is -1.89. The van der Waals surface area contributed by atoms with Crippen LogP contribution in [0.5, 0.6) is 0 Å². The van der Waals surface area contributed by atoms with Gasteiger partial charge in [0.2, 0.25) is 0 Å². The second-order valence-corrected chi connectivity index (χ2v) is 22.6. The van der Waals surface area contributed by atoms with Gasteiger partial charge < -0.3 is 14.3 Å². The van der Waals surface area contributed by atoms with E-state index < -0.39 is 22.5 Å². The van der Waals surface area contributed by atoms with E-state index in [-0.39, 0.29) is 23.4 Å². The molecule has 5 heteroatoms. The van der Waals surface area contributed by atoms with Gasteiger partial charge >= 0.3 is 0 Å². The van der Waals surface area contributed by atoms with Gasteiger partial charge in [-0.05, 0) is 37.4 Å². The molecule has 0 saturated carbocycles. The highest BCUT2D eigenvalue weighted by molar-refractivity contribution is 6.83. The van der Waals surface area contributed by atoms with Crippen molar-refractivity contribution in [3.05, 3.63) is 0 Å². The van der Waals surface area contributed by atoms with Crippen LogP contribution in [-0.4, -0.2) is 45.9 Å². The molecule has 1 fully saturated rings. The molecule has 0 aromatic carbocycles. The average Bonchev–Trinajstić information content (AvgIpc) is 3.21. The van der Waals surface area contributed by atoms with Crippen molar-refractivity contribution in [3.8, 4) is 11.5 Å². The minimum Gasteiger partial charge on any atom is -0.411 e. The predicted molar refractivity (Wildman–Crippen MR) is 154 cm³/mol. The second-order valence-electron chi connectivity index (χ2n) is 13.1. The zero-order valence-corrected chi connectivity index (χ0v) is 26.3. The van der Waals surface area contributed by atoms with Gasteiger partial charge in [0.15, 0.2) is 8.32 Å². The number of hydrogen-bond acceptors (Lipinski definition) is 3. The van der Waals surface area contributed by atoms with Crippen LogP contribution in [0, 0.1) is 11.5 Å². The Kier molecular flexibility index (Phi) is 14.3. The molecule has 0 amide bonds. The molecule has 1 N–H and O–H groups in total. The van der Waals surface area contributed by atoms with Crippen molar-refractivity contribution in [2.75, 3.05) is 0 Å². The molecule has 1 rings (SSSR count). The second kappa shape index (κ2) is 15.2. The van der Waals surface area contributed by atoms with Crippen LogP contribution in [0.15, 0.2) is 0 Å². The van der Waals surface area contributed by atoms with Crippen LogP contribution in [0.1, 0.15) is 111 Å². The number of rotatable bonds is 15. The summed E-state index contributed by atoms with van der Waals surface area (Å²) in [5.41, 5.74) is 3.31. The number of aliphatic hydroxyl groups is 1. The van der Waals surface area contributed by atoms with Crippen molar-refractivity contribution in [2.24, 2.45) is 0 Å². The highest BCUT2D eigenvalue weighted by atomic mass is 28.4. The summed E-state index contributed by atoms with van der Waals surface area (Å²) >= 11 is 0. The number of hydrogen-bond donors (Lipinski definition) is 1. The molecule has 0 radical (unpaired) electrons. The summed E-state index contributed by atoms with van der Waals surface area (Å²) in [5, 5.41) is 10.8. The molecule has 0 aromatic heterocycles. The van der Waals surface area contributed by atoms with Gasteiger partial charge in [-0.15, -0.1) is 5.54 Å². The standard InChI is InChI=1S/C29H58O3Si2/c1-10-11-12-13-14-15-16-17-18-19-20-28(32-34(8,9)29(2,3)4)27-22-21-26(31-27)25(30)23-24-33(5,6)7/h25-28,30H,10-22H2,1-9H3/t25-,26-,27+,28-/m1/s1. The smallest absolute Gasteiger partial charge is 0.192 e. The molecule has 0 spiro atoms. The molecule has 0 aromatic rings. The molecule has 34 heavy (non-hydrogen) atoms. The summed E-state index contributed by atoms with van der Waals surface area (Å²) in [4.78, 5) is 0. The van der Waals surface area contributed by atoms with Crippen molar-refractivity contribution in [2.45, 2.75) is 173 Å². The molecule has 0 unspecified atom stereocenters. The fourth-order valence-electron chi connectivity index (χ4n) is 4.29. The maximum atomic E-state index is 10.6. The lowest BCUT2D eigenvalue weighted by Gasteiger charge is -2.41. The lowest BCUT2D eigenvalue weighted by molar-refractivity contribution is -0.0600. The molecule has 4 atom stereocenters. The van der Waals surface area contributed by atoms with Gasteiger partial charge in [0.05, 0.1) is 18.3 Å². The Morgan fingerprint density at radius 3 is 1.85 bits per heavy atom. The highest BCUT2D eigenvalue weighted by Crippen LogP contribution is 2.40. The Bertz CT molecular complexity index is 610. The molecule has 0 bridgehead atoms. The Balaban J connectivity index is 2.59. The minimum absolute atomic E-state index is 0.0843. The molecule has 1 saturated heterocycles. The zero-order chi connectivity index (χ0) is 25.8. The van der Waals surface area contributed by atoms with Crippen molar-refractivity contribution < 1.29 is 14.3 Å². The summed E-state index contributed by atoms with van der Waals surface area (Å²) in [6, 6.07) is 0. The van der Waals surface area contributed by atoms with E-state index in [2.05, 4.69) is 71.9 Å². The summed E-state index contributed by atoms with van der Waals surface area (Å²) < 4.78 is 13.3. The summed E-state index contributed by atoms with van der Waals surface area (Å²) in [7, 11) is -3.39. The van der Waals surface area contributed by atoms with Crippen LogP contribution >= 0.6 is 0 Å². The van der Waals surface area contributed by atoms with Gasteiger partial charge in [-0.3, -0.25) is 0 Å². The number of unbranched alkanes of at least 4 members (excludes halogenated alkanes) is 9. The lowest BCUT2D eigenvalue weighted by atomic mass is 10.0. The quantitative estimate of drug-likeness (QED) is 0.136. The van der Waals surface area contributed by atoms with E-state index in [4.69, 9.17) is 9.16 Å². The normalized spacial score (nSPS) is 21.2. The van der Waals surface area contributed by atoms with E-state index in [9.17, 15) is 5.11 Å².